The van der Waals surface area contributed by atoms with Crippen molar-refractivity contribution in [3.8, 4) is 11.5 Å². The van der Waals surface area contributed by atoms with E-state index in [1.807, 2.05) is 0 Å². The lowest BCUT2D eigenvalue weighted by molar-refractivity contribution is -0.274. The lowest BCUT2D eigenvalue weighted by Gasteiger charge is -2.09. The average molecular weight is 343 g/mol. The van der Waals surface area contributed by atoms with Crippen LogP contribution in [0.1, 0.15) is 0 Å². The van der Waals surface area contributed by atoms with Gasteiger partial charge in [0.25, 0.3) is 5.56 Å². The van der Waals surface area contributed by atoms with E-state index in [1.165, 1.54) is 26.2 Å². The zero-order valence-corrected chi connectivity index (χ0v) is 12.6. The second-order valence-corrected chi connectivity index (χ2v) is 4.62. The van der Waals surface area contributed by atoms with Crippen LogP contribution in [0.3, 0.4) is 0 Å². The first kappa shape index (κ1) is 17.3. The van der Waals surface area contributed by atoms with Crippen LogP contribution < -0.4 is 20.7 Å². The number of benzene rings is 1. The summed E-state index contributed by atoms with van der Waals surface area (Å²) in [5.41, 5.74) is -1.12. The first-order valence-electron chi connectivity index (χ1n) is 6.49. The molecule has 2 rings (SSSR count). The van der Waals surface area contributed by atoms with Gasteiger partial charge < -0.3 is 9.47 Å². The van der Waals surface area contributed by atoms with Gasteiger partial charge in [-0.05, 0) is 12.1 Å². The van der Waals surface area contributed by atoms with E-state index in [2.05, 4.69) is 9.73 Å². The van der Waals surface area contributed by atoms with Crippen LogP contribution in [0, 0.1) is 0 Å². The predicted octanol–water partition coefficient (Wildman–Crippen LogP) is 1.72. The molecule has 0 N–H and O–H groups in total. The largest absolute Gasteiger partial charge is 0.573 e. The molecule has 24 heavy (non-hydrogen) atoms. The van der Waals surface area contributed by atoms with E-state index in [9.17, 15) is 22.8 Å². The maximum Gasteiger partial charge on any atom is 0.573 e. The molecule has 0 aliphatic rings. The number of halogens is 3. The fourth-order valence-corrected chi connectivity index (χ4v) is 1.73. The molecule has 0 aliphatic heterocycles. The summed E-state index contributed by atoms with van der Waals surface area (Å²) in [5, 5.41) is 0. The van der Waals surface area contributed by atoms with E-state index < -0.39 is 23.4 Å². The van der Waals surface area contributed by atoms with Crippen molar-refractivity contribution in [1.29, 1.82) is 0 Å². The summed E-state index contributed by atoms with van der Waals surface area (Å²) in [6.07, 6.45) is -3.91. The summed E-state index contributed by atoms with van der Waals surface area (Å²) in [4.78, 5) is 27.1. The first-order valence-corrected chi connectivity index (χ1v) is 6.49. The minimum atomic E-state index is -4.81. The topological polar surface area (TPSA) is 74.8 Å². The van der Waals surface area contributed by atoms with Crippen molar-refractivity contribution < 1.29 is 22.6 Å². The van der Waals surface area contributed by atoms with E-state index in [0.717, 1.165) is 33.7 Å². The molecule has 0 saturated carbocycles. The molecule has 0 fully saturated rings. The van der Waals surface area contributed by atoms with E-state index in [-0.39, 0.29) is 11.6 Å². The number of nitrogens with zero attached hydrogens (tertiary/aromatic N) is 3. The third kappa shape index (κ3) is 4.24. The summed E-state index contributed by atoms with van der Waals surface area (Å²) in [7, 11) is 2.73. The van der Waals surface area contributed by atoms with E-state index in [1.54, 1.807) is 0 Å². The zero-order valence-electron chi connectivity index (χ0n) is 12.6. The molecule has 7 nitrogen and oxygen atoms in total. The second-order valence-electron chi connectivity index (χ2n) is 4.62. The van der Waals surface area contributed by atoms with Crippen LogP contribution in [0.4, 0.5) is 19.0 Å². The molecule has 0 amide bonds. The Bertz CT molecular complexity index is 884. The van der Waals surface area contributed by atoms with Gasteiger partial charge in [-0.15, -0.1) is 13.2 Å². The SMILES string of the molecule is Cn1c(N=COc2cccc(OC(F)(F)F)c2)cc(=O)n(C)c1=O. The van der Waals surface area contributed by atoms with Crippen molar-refractivity contribution in [2.45, 2.75) is 6.36 Å². The number of rotatable bonds is 4. The average Bonchev–Trinajstić information content (AvgIpc) is 2.49. The molecule has 1 aromatic carbocycles. The van der Waals surface area contributed by atoms with Gasteiger partial charge in [-0.2, -0.15) is 0 Å². The first-order chi connectivity index (χ1) is 11.2. The van der Waals surface area contributed by atoms with Gasteiger partial charge in [0, 0.05) is 26.2 Å². The Labute approximate surface area is 133 Å². The van der Waals surface area contributed by atoms with Gasteiger partial charge in [-0.1, -0.05) is 6.07 Å². The van der Waals surface area contributed by atoms with Crippen molar-refractivity contribution in [1.82, 2.24) is 9.13 Å². The van der Waals surface area contributed by atoms with Gasteiger partial charge in [0.05, 0.1) is 0 Å². The van der Waals surface area contributed by atoms with Gasteiger partial charge in [0.2, 0.25) is 0 Å². The molecule has 2 aromatic rings. The van der Waals surface area contributed by atoms with Gasteiger partial charge >= 0.3 is 12.1 Å². The van der Waals surface area contributed by atoms with Crippen LogP contribution in [-0.2, 0) is 14.1 Å². The highest BCUT2D eigenvalue weighted by molar-refractivity contribution is 5.57. The molecule has 0 unspecified atom stereocenters. The Hall–Kier alpha value is -3.04. The molecule has 0 saturated heterocycles. The molecular formula is C14H12F3N3O4. The summed E-state index contributed by atoms with van der Waals surface area (Å²) in [5.74, 6) is -0.380. The Morgan fingerprint density at radius 3 is 2.42 bits per heavy atom. The Balaban J connectivity index is 2.17. The van der Waals surface area contributed by atoms with E-state index in [4.69, 9.17) is 4.74 Å². The molecule has 0 atom stereocenters. The zero-order chi connectivity index (χ0) is 17.9. The minimum Gasteiger partial charge on any atom is -0.446 e. The van der Waals surface area contributed by atoms with Crippen molar-refractivity contribution in [2.24, 2.45) is 19.1 Å². The van der Waals surface area contributed by atoms with Crippen molar-refractivity contribution in [3.63, 3.8) is 0 Å². The lowest BCUT2D eigenvalue weighted by atomic mass is 10.3. The third-order valence-corrected chi connectivity index (χ3v) is 2.91. The smallest absolute Gasteiger partial charge is 0.446 e. The molecule has 1 aromatic heterocycles. The number of aromatic nitrogens is 2. The Morgan fingerprint density at radius 1 is 1.08 bits per heavy atom. The van der Waals surface area contributed by atoms with Crippen LogP contribution >= 0.6 is 0 Å². The predicted molar refractivity (Wildman–Crippen MR) is 78.8 cm³/mol. The molecule has 0 radical (unpaired) electrons. The summed E-state index contributed by atoms with van der Waals surface area (Å²) < 4.78 is 47.3. The van der Waals surface area contributed by atoms with Gasteiger partial charge in [0.15, 0.2) is 6.40 Å². The lowest BCUT2D eigenvalue weighted by Crippen LogP contribution is -2.36. The highest BCUT2D eigenvalue weighted by Crippen LogP contribution is 2.25. The van der Waals surface area contributed by atoms with Crippen LogP contribution in [0.25, 0.3) is 0 Å². The van der Waals surface area contributed by atoms with Gasteiger partial charge in [-0.3, -0.25) is 13.9 Å². The summed E-state index contributed by atoms with van der Waals surface area (Å²) >= 11 is 0. The monoisotopic (exact) mass is 343 g/mol. The minimum absolute atomic E-state index is 0.0331. The number of ether oxygens (including phenoxy) is 2. The maximum absolute atomic E-state index is 12.1. The van der Waals surface area contributed by atoms with Gasteiger partial charge in [-0.25, -0.2) is 9.79 Å². The fraction of sp³-hybridized carbons (Fsp3) is 0.214. The van der Waals surface area contributed by atoms with Crippen molar-refractivity contribution in [2.75, 3.05) is 0 Å². The van der Waals surface area contributed by atoms with Gasteiger partial charge in [0.1, 0.15) is 17.3 Å². The van der Waals surface area contributed by atoms with Crippen molar-refractivity contribution in [3.05, 3.63) is 51.2 Å². The second kappa shape index (κ2) is 6.60. The Morgan fingerprint density at radius 2 is 1.75 bits per heavy atom. The molecule has 0 bridgehead atoms. The third-order valence-electron chi connectivity index (χ3n) is 2.91. The maximum atomic E-state index is 12.1. The highest BCUT2D eigenvalue weighted by Gasteiger charge is 2.31. The summed E-state index contributed by atoms with van der Waals surface area (Å²) in [6, 6.07) is 5.94. The molecule has 128 valence electrons. The fourth-order valence-electron chi connectivity index (χ4n) is 1.73. The molecular weight excluding hydrogens is 331 g/mol. The molecule has 10 heteroatoms. The standard InChI is InChI=1S/C14H12F3N3O4/c1-19-11(7-12(21)20(2)13(19)22)18-8-23-9-4-3-5-10(6-9)24-14(15,16)17/h3-8H,1-2H3. The number of hydrogen-bond acceptors (Lipinski definition) is 5. The van der Waals surface area contributed by atoms with Crippen molar-refractivity contribution >= 4 is 12.2 Å². The van der Waals surface area contributed by atoms with Crippen LogP contribution in [-0.4, -0.2) is 21.9 Å². The summed E-state index contributed by atoms with van der Waals surface area (Å²) in [6.45, 7) is 0. The molecule has 0 aliphatic carbocycles. The normalized spacial score (nSPS) is 11.7. The van der Waals surface area contributed by atoms with Crippen LogP contribution in [0.15, 0.2) is 44.9 Å². The number of aliphatic imine (C=N–C) groups is 1. The van der Waals surface area contributed by atoms with E-state index in [0.29, 0.717) is 0 Å². The van der Waals surface area contributed by atoms with Crippen LogP contribution in [0.5, 0.6) is 11.5 Å². The number of hydrogen-bond donors (Lipinski definition) is 0. The van der Waals surface area contributed by atoms with E-state index >= 15 is 0 Å². The molecule has 1 heterocycles. The van der Waals surface area contributed by atoms with Crippen LogP contribution in [0.2, 0.25) is 0 Å². The quantitative estimate of drug-likeness (QED) is 0.626. The highest BCUT2D eigenvalue weighted by atomic mass is 19.4. The molecule has 0 spiro atoms. The number of alkyl halides is 3. The Kier molecular flexibility index (Phi) is 4.77.